The van der Waals surface area contributed by atoms with Gasteiger partial charge in [-0.3, -0.25) is 0 Å². The molecule has 3 nitrogen and oxygen atoms in total. The van der Waals surface area contributed by atoms with Crippen molar-refractivity contribution in [1.29, 1.82) is 0 Å². The van der Waals surface area contributed by atoms with Gasteiger partial charge in [0.2, 0.25) is 0 Å². The third-order valence-electron chi connectivity index (χ3n) is 3.74. The fourth-order valence-electron chi connectivity index (χ4n) is 2.62. The number of hydrazone groups is 1. The molecule has 2 aliphatic heterocycles. The average Bonchev–Trinajstić information content (AvgIpc) is 2.96. The van der Waals surface area contributed by atoms with Crippen molar-refractivity contribution in [3.63, 3.8) is 0 Å². The maximum absolute atomic E-state index is 4.94. The maximum Gasteiger partial charge on any atom is 0.189 e. The summed E-state index contributed by atoms with van der Waals surface area (Å²) in [4.78, 5) is 4.94. The van der Waals surface area contributed by atoms with Gasteiger partial charge < -0.3 is 0 Å². The molecule has 0 spiro atoms. The lowest BCUT2D eigenvalue weighted by Crippen LogP contribution is -2.28. The van der Waals surface area contributed by atoms with Crippen LogP contribution in [0, 0.1) is 0 Å². The van der Waals surface area contributed by atoms with Crippen LogP contribution in [0.1, 0.15) is 24.1 Å². The molecule has 0 radical (unpaired) electrons. The topological polar surface area (TPSA) is 28.0 Å². The molecule has 2 aliphatic rings. The Bertz CT molecular complexity index is 778. The van der Waals surface area contributed by atoms with Crippen LogP contribution >= 0.6 is 11.8 Å². The van der Waals surface area contributed by atoms with E-state index in [2.05, 4.69) is 48.7 Å². The Kier molecular flexibility index (Phi) is 3.31. The van der Waals surface area contributed by atoms with E-state index in [0.29, 0.717) is 0 Å². The zero-order valence-corrected chi connectivity index (χ0v) is 13.0. The van der Waals surface area contributed by atoms with Crippen molar-refractivity contribution >= 4 is 22.6 Å². The number of hydrogen-bond donors (Lipinski definition) is 0. The van der Waals surface area contributed by atoms with Gasteiger partial charge in [-0.15, -0.1) is 0 Å². The van der Waals surface area contributed by atoms with Crippen LogP contribution in [0.2, 0.25) is 0 Å². The number of amidine groups is 1. The molecule has 108 valence electrons. The fourth-order valence-corrected chi connectivity index (χ4v) is 3.45. The van der Waals surface area contributed by atoms with Crippen LogP contribution in [0.25, 0.3) is 0 Å². The first-order valence-corrected chi connectivity index (χ1v) is 8.11. The Hall–Kier alpha value is -2.33. The van der Waals surface area contributed by atoms with Crippen LogP contribution in [0.3, 0.4) is 0 Å². The number of allylic oxidation sites excluding steroid dienone is 1. The highest BCUT2D eigenvalue weighted by molar-refractivity contribution is 8.16. The molecule has 0 fully saturated rings. The third kappa shape index (κ3) is 2.25. The zero-order valence-electron chi connectivity index (χ0n) is 12.2. The molecule has 0 amide bonds. The molecule has 1 unspecified atom stereocenters. The van der Waals surface area contributed by atoms with Crippen molar-refractivity contribution in [2.24, 2.45) is 10.1 Å². The Morgan fingerprint density at radius 3 is 2.36 bits per heavy atom. The quantitative estimate of drug-likeness (QED) is 0.822. The predicted octanol–water partition coefficient (Wildman–Crippen LogP) is 4.41. The van der Waals surface area contributed by atoms with Crippen molar-refractivity contribution in [2.45, 2.75) is 13.0 Å². The van der Waals surface area contributed by atoms with Crippen molar-refractivity contribution < 1.29 is 0 Å². The summed E-state index contributed by atoms with van der Waals surface area (Å²) in [5.41, 5.74) is 4.39. The minimum atomic E-state index is -0.0540. The molecule has 0 saturated heterocycles. The van der Waals surface area contributed by atoms with Crippen molar-refractivity contribution in [3.8, 4) is 0 Å². The van der Waals surface area contributed by atoms with Gasteiger partial charge >= 0.3 is 0 Å². The monoisotopic (exact) mass is 305 g/mol. The molecule has 4 rings (SSSR count). The smallest absolute Gasteiger partial charge is 0.189 e. The lowest BCUT2D eigenvalue weighted by molar-refractivity contribution is 0.547. The first-order chi connectivity index (χ1) is 10.8. The summed E-state index contributed by atoms with van der Waals surface area (Å²) in [7, 11) is 0. The van der Waals surface area contributed by atoms with E-state index >= 15 is 0 Å². The van der Waals surface area contributed by atoms with Crippen LogP contribution in [0.4, 0.5) is 0 Å². The maximum atomic E-state index is 4.94. The van der Waals surface area contributed by atoms with E-state index in [9.17, 15) is 0 Å². The molecule has 2 aromatic rings. The fraction of sp³-hybridized carbons (Fsp3) is 0.111. The average molecular weight is 305 g/mol. The summed E-state index contributed by atoms with van der Waals surface area (Å²) in [6, 6.07) is 20.6. The van der Waals surface area contributed by atoms with Crippen molar-refractivity contribution in [1.82, 2.24) is 5.01 Å². The number of aliphatic imine (C=N–C) groups is 1. The second-order valence-corrected chi connectivity index (χ2v) is 6.10. The van der Waals surface area contributed by atoms with Gasteiger partial charge in [0, 0.05) is 16.7 Å². The largest absolute Gasteiger partial charge is 0.246 e. The summed E-state index contributed by atoms with van der Waals surface area (Å²) < 4.78 is 0. The van der Waals surface area contributed by atoms with E-state index in [1.807, 2.05) is 29.3 Å². The molecule has 0 N–H and O–H groups in total. The summed E-state index contributed by atoms with van der Waals surface area (Å²) in [6.45, 7) is 2.06. The molecule has 1 atom stereocenters. The molecule has 0 bridgehead atoms. The van der Waals surface area contributed by atoms with Crippen LogP contribution in [-0.4, -0.2) is 15.9 Å². The SMILES string of the molecule is CC1=CSC2=NC(c3ccccc3)C(c3ccccc3)=NN12. The highest BCUT2D eigenvalue weighted by Crippen LogP contribution is 2.35. The predicted molar refractivity (Wildman–Crippen MR) is 92.8 cm³/mol. The van der Waals surface area contributed by atoms with E-state index in [0.717, 1.165) is 22.1 Å². The van der Waals surface area contributed by atoms with Gasteiger partial charge in [0.1, 0.15) is 6.04 Å². The normalized spacial score (nSPS) is 20.1. The minimum Gasteiger partial charge on any atom is -0.246 e. The van der Waals surface area contributed by atoms with Crippen molar-refractivity contribution in [2.75, 3.05) is 0 Å². The zero-order chi connectivity index (χ0) is 14.9. The number of thioether (sulfide) groups is 1. The summed E-state index contributed by atoms with van der Waals surface area (Å²) in [5.74, 6) is 0. The third-order valence-corrected chi connectivity index (χ3v) is 4.69. The number of rotatable bonds is 2. The molecule has 0 aliphatic carbocycles. The molecule has 4 heteroatoms. The molecular weight excluding hydrogens is 290 g/mol. The lowest BCUT2D eigenvalue weighted by atomic mass is 9.97. The summed E-state index contributed by atoms with van der Waals surface area (Å²) in [6.07, 6.45) is 0. The van der Waals surface area contributed by atoms with Gasteiger partial charge in [-0.2, -0.15) is 5.10 Å². The van der Waals surface area contributed by atoms with Crippen molar-refractivity contribution in [3.05, 3.63) is 82.9 Å². The molecule has 2 heterocycles. The summed E-state index contributed by atoms with van der Waals surface area (Å²) in [5, 5.41) is 9.87. The number of nitrogens with zero attached hydrogens (tertiary/aromatic N) is 3. The van der Waals surface area contributed by atoms with Gasteiger partial charge in [0.05, 0.1) is 5.71 Å². The van der Waals surface area contributed by atoms with E-state index in [1.165, 1.54) is 5.56 Å². The van der Waals surface area contributed by atoms with E-state index in [1.54, 1.807) is 11.8 Å². The standard InChI is InChI=1S/C18H15N3S/c1-13-12-22-18-19-16(14-8-4-2-5-9-14)17(20-21(13)18)15-10-6-3-7-11-15/h2-12,16H,1H3. The highest BCUT2D eigenvalue weighted by atomic mass is 32.2. The Labute approximate surface area is 134 Å². The number of fused-ring (bicyclic) bond motifs is 1. The first-order valence-electron chi connectivity index (χ1n) is 7.23. The second kappa shape index (κ2) is 5.46. The molecule has 22 heavy (non-hydrogen) atoms. The van der Waals surface area contributed by atoms with E-state index < -0.39 is 0 Å². The Morgan fingerprint density at radius 2 is 1.64 bits per heavy atom. The van der Waals surface area contributed by atoms with Gasteiger partial charge in [0.15, 0.2) is 5.17 Å². The number of benzene rings is 2. The van der Waals surface area contributed by atoms with Crippen LogP contribution in [0.5, 0.6) is 0 Å². The van der Waals surface area contributed by atoms with Gasteiger partial charge in [0.25, 0.3) is 0 Å². The molecule has 0 saturated carbocycles. The van der Waals surface area contributed by atoms with Crippen LogP contribution < -0.4 is 0 Å². The summed E-state index contributed by atoms with van der Waals surface area (Å²) >= 11 is 1.64. The van der Waals surface area contributed by atoms with E-state index in [-0.39, 0.29) is 6.04 Å². The van der Waals surface area contributed by atoms with Crippen LogP contribution in [-0.2, 0) is 0 Å². The second-order valence-electron chi connectivity index (χ2n) is 5.27. The Balaban J connectivity index is 1.83. The number of hydrogen-bond acceptors (Lipinski definition) is 4. The van der Waals surface area contributed by atoms with Gasteiger partial charge in [-0.1, -0.05) is 72.4 Å². The molecular formula is C18H15N3S. The molecule has 0 aromatic heterocycles. The van der Waals surface area contributed by atoms with E-state index in [4.69, 9.17) is 10.1 Å². The molecule has 2 aromatic carbocycles. The minimum absolute atomic E-state index is 0.0540. The Morgan fingerprint density at radius 1 is 0.955 bits per heavy atom. The van der Waals surface area contributed by atoms with Gasteiger partial charge in [-0.05, 0) is 12.5 Å². The van der Waals surface area contributed by atoms with Gasteiger partial charge in [-0.25, -0.2) is 10.0 Å². The van der Waals surface area contributed by atoms with Crippen LogP contribution in [0.15, 0.2) is 81.9 Å². The highest BCUT2D eigenvalue weighted by Gasteiger charge is 2.30. The first kappa shape index (κ1) is 13.3. The lowest BCUT2D eigenvalue weighted by Gasteiger charge is -2.26.